The summed E-state index contributed by atoms with van der Waals surface area (Å²) in [4.78, 5) is 35.3. The fraction of sp³-hybridized carbons (Fsp3) is 0.312. The predicted molar refractivity (Wildman–Crippen MR) is 102 cm³/mol. The summed E-state index contributed by atoms with van der Waals surface area (Å²) in [6, 6.07) is 2.33. The van der Waals surface area contributed by atoms with Crippen molar-refractivity contribution in [2.45, 2.75) is 31.8 Å². The smallest absolute Gasteiger partial charge is 0.339 e. The second-order valence-electron chi connectivity index (χ2n) is 5.85. The Morgan fingerprint density at radius 1 is 1.17 bits per heavy atom. The summed E-state index contributed by atoms with van der Waals surface area (Å²) in [6.07, 6.45) is -0.480. The van der Waals surface area contributed by atoms with Crippen molar-refractivity contribution in [2.24, 2.45) is 0 Å². The second kappa shape index (κ2) is 9.01. The van der Waals surface area contributed by atoms with Gasteiger partial charge in [0.1, 0.15) is 10.7 Å². The molecular weight excluding hydrogens is 426 g/mol. The maximum absolute atomic E-state index is 12.7. The Labute approximate surface area is 171 Å². The molecule has 0 saturated carbocycles. The molecule has 0 saturated heterocycles. The van der Waals surface area contributed by atoms with Crippen LogP contribution in [0.3, 0.4) is 0 Å². The molecule has 156 valence electrons. The van der Waals surface area contributed by atoms with Crippen LogP contribution in [0, 0.1) is 6.92 Å². The third-order valence-electron chi connectivity index (χ3n) is 3.16. The van der Waals surface area contributed by atoms with Gasteiger partial charge >= 0.3 is 18.0 Å². The van der Waals surface area contributed by atoms with Gasteiger partial charge in [0.2, 0.25) is 5.95 Å². The van der Waals surface area contributed by atoms with Crippen molar-refractivity contribution in [3.05, 3.63) is 34.6 Å². The molecule has 0 aliphatic carbocycles. The molecule has 0 radical (unpaired) electrons. The first kappa shape index (κ1) is 22.3. The summed E-state index contributed by atoms with van der Waals surface area (Å²) >= 11 is 5.86. The summed E-state index contributed by atoms with van der Waals surface area (Å²) in [7, 11) is -3.17. The van der Waals surface area contributed by atoms with Crippen LogP contribution in [-0.4, -0.2) is 48.6 Å². The number of methoxy groups -OCH3 is 1. The molecule has 11 nitrogen and oxygen atoms in total. The number of anilines is 1. The lowest BCUT2D eigenvalue weighted by molar-refractivity contribution is 0.0373. The van der Waals surface area contributed by atoms with Crippen molar-refractivity contribution in [2.75, 3.05) is 12.4 Å². The van der Waals surface area contributed by atoms with E-state index in [1.54, 1.807) is 18.6 Å². The molecule has 1 heterocycles. The van der Waals surface area contributed by atoms with Crippen molar-refractivity contribution < 1.29 is 27.5 Å². The Balaban J connectivity index is 2.29. The van der Waals surface area contributed by atoms with Gasteiger partial charge in [0.05, 0.1) is 18.8 Å². The summed E-state index contributed by atoms with van der Waals surface area (Å²) in [5.74, 6) is -0.869. The number of aromatic nitrogens is 3. The number of sulfonamides is 1. The van der Waals surface area contributed by atoms with Gasteiger partial charge in [0.15, 0.2) is 0 Å². The fourth-order valence-electron chi connectivity index (χ4n) is 2.07. The lowest BCUT2D eigenvalue weighted by Crippen LogP contribution is -2.36. The zero-order valence-corrected chi connectivity index (χ0v) is 17.5. The molecule has 2 N–H and O–H groups in total. The maximum atomic E-state index is 12.7. The number of nitrogens with zero attached hydrogens (tertiary/aromatic N) is 3. The number of carbonyl (C=O) groups excluding carboxylic acids is 2. The SMILES string of the molecule is COc1nc(C)nc(NC(=O)NS(=O)(=O)c2cc(Cl)ccc2C(=O)OC(C)C)n1. The van der Waals surface area contributed by atoms with E-state index in [1.165, 1.54) is 26.2 Å². The zero-order valence-electron chi connectivity index (χ0n) is 15.9. The molecule has 13 heteroatoms. The predicted octanol–water partition coefficient (Wildman–Crippen LogP) is 1.92. The number of aryl methyl sites for hydroxylation is 1. The maximum Gasteiger partial charge on any atom is 0.339 e. The van der Waals surface area contributed by atoms with E-state index < -0.39 is 33.0 Å². The highest BCUT2D eigenvalue weighted by Gasteiger charge is 2.26. The van der Waals surface area contributed by atoms with Crippen LogP contribution in [-0.2, 0) is 14.8 Å². The number of amides is 2. The minimum Gasteiger partial charge on any atom is -0.467 e. The third-order valence-corrected chi connectivity index (χ3v) is 4.76. The van der Waals surface area contributed by atoms with Crippen LogP contribution in [0.4, 0.5) is 10.7 Å². The molecule has 0 atom stereocenters. The third kappa shape index (κ3) is 5.99. The highest BCUT2D eigenvalue weighted by atomic mass is 35.5. The number of benzene rings is 1. The van der Waals surface area contributed by atoms with Crippen molar-refractivity contribution in [3.8, 4) is 6.01 Å². The monoisotopic (exact) mass is 443 g/mol. The summed E-state index contributed by atoms with van der Waals surface area (Å²) in [5.41, 5.74) is -0.277. The van der Waals surface area contributed by atoms with Crippen molar-refractivity contribution >= 4 is 39.6 Å². The molecule has 2 rings (SSSR count). The second-order valence-corrected chi connectivity index (χ2v) is 7.93. The topological polar surface area (TPSA) is 149 Å². The number of urea groups is 1. The average molecular weight is 444 g/mol. The number of nitrogens with one attached hydrogen (secondary N) is 2. The Kier molecular flexibility index (Phi) is 6.93. The minimum absolute atomic E-state index is 0.0460. The quantitative estimate of drug-likeness (QED) is 0.638. The number of ether oxygens (including phenoxy) is 2. The van der Waals surface area contributed by atoms with E-state index in [0.717, 1.165) is 6.07 Å². The van der Waals surface area contributed by atoms with Crippen LogP contribution in [0.25, 0.3) is 0 Å². The van der Waals surface area contributed by atoms with E-state index in [9.17, 15) is 18.0 Å². The molecule has 0 bridgehead atoms. The molecule has 2 amide bonds. The van der Waals surface area contributed by atoms with Gasteiger partial charge in [0, 0.05) is 5.02 Å². The van der Waals surface area contributed by atoms with Crippen molar-refractivity contribution in [1.82, 2.24) is 19.7 Å². The molecule has 29 heavy (non-hydrogen) atoms. The van der Waals surface area contributed by atoms with Gasteiger partial charge in [0.25, 0.3) is 10.0 Å². The molecular formula is C16H18ClN5O6S. The van der Waals surface area contributed by atoms with Crippen molar-refractivity contribution in [1.29, 1.82) is 0 Å². The normalized spacial score (nSPS) is 11.1. The van der Waals surface area contributed by atoms with E-state index in [1.807, 2.05) is 0 Å². The minimum atomic E-state index is -4.49. The molecule has 0 unspecified atom stereocenters. The molecule has 0 fully saturated rings. The average Bonchev–Trinajstić information content (AvgIpc) is 2.59. The van der Waals surface area contributed by atoms with Crippen LogP contribution < -0.4 is 14.8 Å². The molecule has 1 aromatic carbocycles. The molecule has 2 aromatic rings. The highest BCUT2D eigenvalue weighted by Crippen LogP contribution is 2.22. The highest BCUT2D eigenvalue weighted by molar-refractivity contribution is 7.90. The van der Waals surface area contributed by atoms with Gasteiger partial charge in [-0.15, -0.1) is 0 Å². The summed E-state index contributed by atoms with van der Waals surface area (Å²) < 4.78 is 37.0. The van der Waals surface area contributed by atoms with Gasteiger partial charge in [-0.25, -0.2) is 22.7 Å². The molecule has 0 aliphatic heterocycles. The van der Waals surface area contributed by atoms with E-state index in [-0.39, 0.29) is 28.4 Å². The van der Waals surface area contributed by atoms with Crippen LogP contribution >= 0.6 is 11.6 Å². The Morgan fingerprint density at radius 3 is 2.48 bits per heavy atom. The first-order chi connectivity index (χ1) is 13.5. The molecule has 0 aliphatic rings. The number of halogens is 1. The van der Waals surface area contributed by atoms with Gasteiger partial charge in [-0.05, 0) is 39.0 Å². The van der Waals surface area contributed by atoms with E-state index in [2.05, 4.69) is 20.3 Å². The van der Waals surface area contributed by atoms with Crippen LogP contribution in [0.15, 0.2) is 23.1 Å². The number of rotatable bonds is 6. The zero-order chi connectivity index (χ0) is 21.8. The number of esters is 1. The standard InChI is InChI=1S/C16H18ClN5O6S/c1-8(2)28-13(23)11-6-5-10(17)7-12(11)29(25,26)22-15(24)20-14-18-9(3)19-16(21-14)27-4/h5-8H,1-4H3,(H2,18,19,20,21,22,24). The Bertz CT molecular complexity index is 1040. The molecule has 1 aromatic heterocycles. The fourth-order valence-corrected chi connectivity index (χ4v) is 3.44. The van der Waals surface area contributed by atoms with E-state index >= 15 is 0 Å². The number of hydrogen-bond donors (Lipinski definition) is 2. The van der Waals surface area contributed by atoms with E-state index in [4.69, 9.17) is 21.1 Å². The lowest BCUT2D eigenvalue weighted by atomic mass is 10.2. The van der Waals surface area contributed by atoms with Crippen LogP contribution in [0.2, 0.25) is 5.02 Å². The first-order valence-electron chi connectivity index (χ1n) is 8.13. The summed E-state index contributed by atoms with van der Waals surface area (Å²) in [6.45, 7) is 4.75. The van der Waals surface area contributed by atoms with Gasteiger partial charge in [-0.1, -0.05) is 11.6 Å². The summed E-state index contributed by atoms with van der Waals surface area (Å²) in [5, 5.41) is 2.20. The Morgan fingerprint density at radius 2 is 1.86 bits per heavy atom. The number of hydrogen-bond acceptors (Lipinski definition) is 9. The van der Waals surface area contributed by atoms with Gasteiger partial charge in [-0.2, -0.15) is 15.0 Å². The van der Waals surface area contributed by atoms with Gasteiger partial charge < -0.3 is 9.47 Å². The first-order valence-corrected chi connectivity index (χ1v) is 9.99. The Hall–Kier alpha value is -2.99. The number of carbonyl (C=O) groups is 2. The largest absolute Gasteiger partial charge is 0.467 e. The van der Waals surface area contributed by atoms with Crippen LogP contribution in [0.5, 0.6) is 6.01 Å². The van der Waals surface area contributed by atoms with Crippen LogP contribution in [0.1, 0.15) is 30.0 Å². The van der Waals surface area contributed by atoms with Crippen molar-refractivity contribution in [3.63, 3.8) is 0 Å². The lowest BCUT2D eigenvalue weighted by Gasteiger charge is -2.13. The van der Waals surface area contributed by atoms with Gasteiger partial charge in [-0.3, -0.25) is 5.32 Å². The molecule has 0 spiro atoms. The van der Waals surface area contributed by atoms with E-state index in [0.29, 0.717) is 0 Å².